The van der Waals surface area contributed by atoms with E-state index in [1.54, 1.807) is 14.0 Å². The molecule has 0 saturated carbocycles. The molecular weight excluding hydrogens is 164 g/mol. The van der Waals surface area contributed by atoms with Crippen molar-refractivity contribution in [3.05, 3.63) is 0 Å². The lowest BCUT2D eigenvalue weighted by molar-refractivity contribution is -0.138. The maximum atomic E-state index is 9.87. The van der Waals surface area contributed by atoms with Crippen LogP contribution in [0, 0.1) is 0 Å². The summed E-state index contributed by atoms with van der Waals surface area (Å²) in [6, 6.07) is -0.431. The molecule has 0 aliphatic carbocycles. The normalized spacial score (nSPS) is 10.6. The van der Waals surface area contributed by atoms with Crippen molar-refractivity contribution in [2.75, 3.05) is 14.2 Å². The highest BCUT2D eigenvalue weighted by Crippen LogP contribution is 1.74. The van der Waals surface area contributed by atoms with Crippen molar-refractivity contribution >= 4 is 12.1 Å². The molecule has 1 amide bonds. The third-order valence-electron chi connectivity index (χ3n) is 1.00. The summed E-state index contributed by atoms with van der Waals surface area (Å²) in [5.41, 5.74) is 4.43. The molecular formula is C6H14N2O4. The second-order valence-corrected chi connectivity index (χ2v) is 1.87. The van der Waals surface area contributed by atoms with Crippen molar-refractivity contribution in [3.8, 4) is 0 Å². The topological polar surface area (TPSA) is 102 Å². The summed E-state index contributed by atoms with van der Waals surface area (Å²) in [4.78, 5) is 19.2. The van der Waals surface area contributed by atoms with Crippen LogP contribution in [-0.2, 0) is 9.53 Å². The lowest BCUT2D eigenvalue weighted by Gasteiger charge is -1.99. The molecule has 0 saturated heterocycles. The number of carbonyl (C=O) groups is 2. The van der Waals surface area contributed by atoms with Gasteiger partial charge in [-0.25, -0.2) is 4.79 Å². The number of aliphatic carboxylic acids is 1. The molecule has 0 aliphatic rings. The number of hydrogen-bond acceptors (Lipinski definition) is 4. The molecule has 0 fully saturated rings. The van der Waals surface area contributed by atoms with Crippen LogP contribution in [-0.4, -0.2) is 37.4 Å². The molecule has 0 aliphatic heterocycles. The van der Waals surface area contributed by atoms with Gasteiger partial charge in [-0.15, -0.1) is 0 Å². The van der Waals surface area contributed by atoms with Gasteiger partial charge in [-0.05, 0) is 14.0 Å². The third-order valence-corrected chi connectivity index (χ3v) is 1.00. The van der Waals surface area contributed by atoms with E-state index in [2.05, 4.69) is 15.8 Å². The SMILES string of the molecule is CN[C@H](C)C(=O)O.COC(N)=O. The van der Waals surface area contributed by atoms with E-state index in [0.29, 0.717) is 0 Å². The summed E-state index contributed by atoms with van der Waals surface area (Å²) in [7, 11) is 2.83. The van der Waals surface area contributed by atoms with Crippen molar-refractivity contribution in [3.63, 3.8) is 0 Å². The molecule has 0 radical (unpaired) electrons. The van der Waals surface area contributed by atoms with Crippen LogP contribution in [0.4, 0.5) is 4.79 Å². The first-order valence-electron chi connectivity index (χ1n) is 3.19. The standard InChI is InChI=1S/C4H9NO2.C2H5NO2/c1-3(5-2)4(6)7;1-5-2(3)4/h3,5H,1-2H3,(H,6,7);1H3,(H2,3,4)/t3-;/m1./s1. The average molecular weight is 178 g/mol. The molecule has 72 valence electrons. The summed E-state index contributed by atoms with van der Waals surface area (Å²) in [5, 5.41) is 10.7. The minimum absolute atomic E-state index is 0.431. The number of carboxylic acid groups (broad SMARTS) is 1. The molecule has 0 aromatic heterocycles. The Morgan fingerprint density at radius 1 is 1.58 bits per heavy atom. The number of likely N-dealkylation sites (N-methyl/N-ethyl adjacent to an activating group) is 1. The Kier molecular flexibility index (Phi) is 8.65. The molecule has 12 heavy (non-hydrogen) atoms. The second-order valence-electron chi connectivity index (χ2n) is 1.87. The number of carbonyl (C=O) groups excluding carboxylic acids is 1. The number of methoxy groups -OCH3 is 1. The van der Waals surface area contributed by atoms with Crippen LogP contribution < -0.4 is 11.1 Å². The van der Waals surface area contributed by atoms with Crippen LogP contribution in [0.3, 0.4) is 0 Å². The maximum Gasteiger partial charge on any atom is 0.404 e. The summed E-state index contributed by atoms with van der Waals surface area (Å²) >= 11 is 0. The molecule has 6 nitrogen and oxygen atoms in total. The lowest BCUT2D eigenvalue weighted by atomic mass is 10.4. The number of ether oxygens (including phenoxy) is 1. The Morgan fingerprint density at radius 3 is 1.92 bits per heavy atom. The van der Waals surface area contributed by atoms with E-state index in [1.165, 1.54) is 7.11 Å². The van der Waals surface area contributed by atoms with Crippen LogP contribution in [0.25, 0.3) is 0 Å². The second kappa shape index (κ2) is 7.80. The van der Waals surface area contributed by atoms with Gasteiger partial charge in [-0.3, -0.25) is 4.79 Å². The maximum absolute atomic E-state index is 9.87. The quantitative estimate of drug-likeness (QED) is 0.523. The van der Waals surface area contributed by atoms with E-state index < -0.39 is 18.1 Å². The van der Waals surface area contributed by atoms with Crippen molar-refractivity contribution in [1.82, 2.24) is 5.32 Å². The third kappa shape index (κ3) is 11.5. The van der Waals surface area contributed by atoms with Crippen molar-refractivity contribution in [1.29, 1.82) is 0 Å². The molecule has 0 heterocycles. The smallest absolute Gasteiger partial charge is 0.404 e. The zero-order valence-corrected chi connectivity index (χ0v) is 7.33. The molecule has 0 aromatic carbocycles. The summed E-state index contributed by atoms with van der Waals surface area (Å²) in [6.45, 7) is 1.59. The molecule has 0 unspecified atom stereocenters. The predicted molar refractivity (Wildman–Crippen MR) is 42.7 cm³/mol. The van der Waals surface area contributed by atoms with E-state index >= 15 is 0 Å². The Hall–Kier alpha value is -1.30. The van der Waals surface area contributed by atoms with Gasteiger partial charge >= 0.3 is 12.1 Å². The Bertz CT molecular complexity index is 148. The fourth-order valence-electron chi connectivity index (χ4n) is 0.123. The van der Waals surface area contributed by atoms with Gasteiger partial charge in [-0.2, -0.15) is 0 Å². The van der Waals surface area contributed by atoms with Gasteiger partial charge in [0.2, 0.25) is 0 Å². The Morgan fingerprint density at radius 2 is 1.92 bits per heavy atom. The highest BCUT2D eigenvalue weighted by molar-refractivity contribution is 5.72. The number of amides is 1. The fraction of sp³-hybridized carbons (Fsp3) is 0.667. The van der Waals surface area contributed by atoms with Crippen molar-refractivity contribution < 1.29 is 19.4 Å². The van der Waals surface area contributed by atoms with Gasteiger partial charge in [0.1, 0.15) is 6.04 Å². The van der Waals surface area contributed by atoms with E-state index in [0.717, 1.165) is 0 Å². The van der Waals surface area contributed by atoms with Crippen LogP contribution in [0.2, 0.25) is 0 Å². The fourth-order valence-corrected chi connectivity index (χ4v) is 0.123. The molecule has 0 bridgehead atoms. The van der Waals surface area contributed by atoms with Gasteiger partial charge in [0.25, 0.3) is 0 Å². The Labute approximate surface area is 70.7 Å². The Balaban J connectivity index is 0. The number of primary amides is 1. The van der Waals surface area contributed by atoms with Gasteiger partial charge in [0.15, 0.2) is 0 Å². The van der Waals surface area contributed by atoms with E-state index in [4.69, 9.17) is 5.11 Å². The summed E-state index contributed by atoms with van der Waals surface area (Å²) < 4.78 is 3.89. The van der Waals surface area contributed by atoms with Crippen molar-refractivity contribution in [2.24, 2.45) is 5.73 Å². The average Bonchev–Trinajstić information content (AvgIpc) is 2.04. The zero-order chi connectivity index (χ0) is 10.1. The van der Waals surface area contributed by atoms with Crippen LogP contribution in [0.1, 0.15) is 6.92 Å². The molecule has 0 spiro atoms. The lowest BCUT2D eigenvalue weighted by Crippen LogP contribution is -2.29. The number of nitrogens with two attached hydrogens (primary N) is 1. The largest absolute Gasteiger partial charge is 0.480 e. The molecule has 4 N–H and O–H groups in total. The highest BCUT2D eigenvalue weighted by Gasteiger charge is 2.04. The van der Waals surface area contributed by atoms with E-state index in [-0.39, 0.29) is 0 Å². The molecule has 0 rings (SSSR count). The van der Waals surface area contributed by atoms with Crippen molar-refractivity contribution in [2.45, 2.75) is 13.0 Å². The van der Waals surface area contributed by atoms with Gasteiger partial charge in [-0.1, -0.05) is 0 Å². The zero-order valence-electron chi connectivity index (χ0n) is 7.33. The van der Waals surface area contributed by atoms with Crippen LogP contribution in [0.15, 0.2) is 0 Å². The summed E-state index contributed by atoms with van der Waals surface area (Å²) in [5.74, 6) is -0.817. The minimum atomic E-state index is -0.817. The van der Waals surface area contributed by atoms with Crippen LogP contribution >= 0.6 is 0 Å². The van der Waals surface area contributed by atoms with Crippen LogP contribution in [0.5, 0.6) is 0 Å². The summed E-state index contributed by atoms with van der Waals surface area (Å²) in [6.07, 6.45) is -0.745. The van der Waals surface area contributed by atoms with Gasteiger partial charge in [0, 0.05) is 0 Å². The highest BCUT2D eigenvalue weighted by atomic mass is 16.5. The minimum Gasteiger partial charge on any atom is -0.480 e. The van der Waals surface area contributed by atoms with Gasteiger partial charge < -0.3 is 20.9 Å². The monoisotopic (exact) mass is 178 g/mol. The molecule has 6 heteroatoms. The number of hydrogen-bond donors (Lipinski definition) is 3. The van der Waals surface area contributed by atoms with E-state index in [9.17, 15) is 9.59 Å². The number of carboxylic acids is 1. The predicted octanol–water partition coefficient (Wildman–Crippen LogP) is -0.610. The van der Waals surface area contributed by atoms with Gasteiger partial charge in [0.05, 0.1) is 7.11 Å². The van der Waals surface area contributed by atoms with E-state index in [1.807, 2.05) is 0 Å². The molecule has 1 atom stereocenters. The first-order valence-corrected chi connectivity index (χ1v) is 3.19. The number of nitrogens with one attached hydrogen (secondary N) is 1. The first kappa shape index (κ1) is 13.3. The first-order chi connectivity index (χ1) is 5.45. The molecule has 0 aromatic rings. The number of rotatable bonds is 2.